The van der Waals surface area contributed by atoms with Gasteiger partial charge in [0.2, 0.25) is 0 Å². The number of ether oxygens (including phenoxy) is 3. The summed E-state index contributed by atoms with van der Waals surface area (Å²) >= 11 is 0. The Hall–Kier alpha value is -6.63. The number of rotatable bonds is 9. The first kappa shape index (κ1) is 45.7. The van der Waals surface area contributed by atoms with Crippen LogP contribution in [0.5, 0.6) is 0 Å². The van der Waals surface area contributed by atoms with Gasteiger partial charge in [0.05, 0.1) is 81.7 Å². The molecule has 0 spiro atoms. The number of fused-ring (bicyclic) bond motifs is 26. The van der Waals surface area contributed by atoms with Crippen LogP contribution in [-0.2, 0) is 52.4 Å². The van der Waals surface area contributed by atoms with E-state index in [1.165, 1.54) is 0 Å². The number of carbonyl (C=O) groups excluding carboxylic acids is 2. The number of aliphatic hydroxyl groups excluding tert-OH is 2. The fraction of sp³-hybridized carbons (Fsp3) is 0.333. The summed E-state index contributed by atoms with van der Waals surface area (Å²) < 4.78 is 53.4. The maximum absolute atomic E-state index is 13.5. The molecule has 10 aromatic rings. The number of aromatic nitrogens is 4. The van der Waals surface area contributed by atoms with E-state index in [-0.39, 0.29) is 44.2 Å². The van der Waals surface area contributed by atoms with Gasteiger partial charge in [-0.1, -0.05) is 72.8 Å². The van der Waals surface area contributed by atoms with Gasteiger partial charge >= 0.3 is 7.60 Å². The van der Waals surface area contributed by atoms with Crippen LogP contribution in [0, 0.1) is 0 Å². The zero-order valence-electron chi connectivity index (χ0n) is 41.6. The van der Waals surface area contributed by atoms with Gasteiger partial charge in [0.1, 0.15) is 30.0 Å². The van der Waals surface area contributed by atoms with Crippen LogP contribution in [0.25, 0.3) is 87.2 Å². The Balaban J connectivity index is 0.000000136. The number of hydrogen-bond donors (Lipinski definition) is 5. The summed E-state index contributed by atoms with van der Waals surface area (Å²) in [6, 6.07) is 32.2. The number of nitrogens with one attached hydrogen (secondary N) is 2. The van der Waals surface area contributed by atoms with Crippen molar-refractivity contribution in [2.75, 3.05) is 32.8 Å². The zero-order valence-corrected chi connectivity index (χ0v) is 42.5. The first-order chi connectivity index (χ1) is 36.3. The first-order valence-corrected chi connectivity index (χ1v) is 27.4. The van der Waals surface area contributed by atoms with Gasteiger partial charge in [0.15, 0.2) is 11.4 Å². The molecule has 2 saturated heterocycles. The molecule has 4 aromatic heterocycles. The SMILES string of the molecule is CCOP(=O)(CO[C@]1(CO)C[C@H]2O[C@]1(C)n1c3ccccc3c3c4c(c5c6ccccc6n2c5c31)C(=O)NC4)OCC.C[C@]12O[C@H](C[C@]1(O)CO)n1c3ccccc3c3c4c(c5c6ccccc6n2c5c31)CNC4=O. The number of amides is 2. The molecule has 0 saturated carbocycles. The van der Waals surface area contributed by atoms with Gasteiger partial charge < -0.3 is 67.5 Å². The largest absolute Gasteiger partial charge is 0.393 e. The first-order valence-electron chi connectivity index (χ1n) is 25.7. The van der Waals surface area contributed by atoms with Gasteiger partial charge in [-0.3, -0.25) is 14.2 Å². The van der Waals surface area contributed by atoms with Crippen molar-refractivity contribution in [2.24, 2.45) is 0 Å². The van der Waals surface area contributed by atoms with Gasteiger partial charge in [0, 0.05) is 69.0 Å². The Kier molecular flexibility index (Phi) is 9.32. The molecule has 6 aliphatic heterocycles. The third kappa shape index (κ3) is 5.42. The number of carbonyl (C=O) groups is 2. The van der Waals surface area contributed by atoms with Crippen molar-refractivity contribution >= 4 is 107 Å². The van der Waals surface area contributed by atoms with Crippen LogP contribution >= 0.6 is 7.60 Å². The molecule has 382 valence electrons. The topological polar surface area (TPSA) is 202 Å². The summed E-state index contributed by atoms with van der Waals surface area (Å²) in [5.74, 6) is -0.135. The molecule has 18 heteroatoms. The molecule has 5 N–H and O–H groups in total. The van der Waals surface area contributed by atoms with Crippen molar-refractivity contribution in [2.45, 2.75) is 88.7 Å². The second kappa shape index (κ2) is 15.3. The maximum atomic E-state index is 13.5. The van der Waals surface area contributed by atoms with Crippen molar-refractivity contribution in [3.05, 3.63) is 119 Å². The maximum Gasteiger partial charge on any atom is 0.356 e. The molecule has 0 aliphatic carbocycles. The third-order valence-electron chi connectivity index (χ3n) is 17.6. The van der Waals surface area contributed by atoms with Crippen LogP contribution < -0.4 is 10.6 Å². The highest BCUT2D eigenvalue weighted by atomic mass is 31.2. The number of para-hydroxylation sites is 4. The molecule has 0 unspecified atom stereocenters. The summed E-state index contributed by atoms with van der Waals surface area (Å²) in [5.41, 5.74) is 5.59. The summed E-state index contributed by atoms with van der Waals surface area (Å²) in [4.78, 5) is 26.6. The predicted molar refractivity (Wildman–Crippen MR) is 283 cm³/mol. The lowest BCUT2D eigenvalue weighted by Gasteiger charge is -2.42. The molecule has 6 atom stereocenters. The van der Waals surface area contributed by atoms with E-state index in [0.29, 0.717) is 18.7 Å². The van der Waals surface area contributed by atoms with E-state index in [0.717, 1.165) is 104 Å². The van der Waals surface area contributed by atoms with Crippen molar-refractivity contribution in [1.29, 1.82) is 0 Å². The summed E-state index contributed by atoms with van der Waals surface area (Å²) in [6.07, 6.45) is -0.861. The van der Waals surface area contributed by atoms with Gasteiger partial charge in [0.25, 0.3) is 11.8 Å². The lowest BCUT2D eigenvalue weighted by Crippen LogP contribution is -2.55. The normalized spacial score (nSPS) is 26.2. The van der Waals surface area contributed by atoms with Crippen molar-refractivity contribution < 1.29 is 52.7 Å². The molecule has 2 amide bonds. The second-order valence-electron chi connectivity index (χ2n) is 21.0. The Morgan fingerprint density at radius 3 is 1.49 bits per heavy atom. The van der Waals surface area contributed by atoms with Crippen LogP contribution in [0.15, 0.2) is 97.1 Å². The molecular weight excluding hydrogens is 976 g/mol. The standard InChI is InChI=1S/C31H32N3O7P.C26H21N3O4/c1-4-39-42(37,40-5-2)17-38-31(16-35)14-23-33-21-12-8-6-10-18(21)25-26-20(15-32-29(26)36)24-19-11-7-9-13-22(19)34(28(24)27(25)33)30(31,3)41-23;1-25-26(32,12-30)10-18(33-25)28-16-8-4-2-6-13(16)20-21-15(11-27-24(21)31)19-14-7-3-5-9-17(14)29(25)23(19)22(20)28/h6-13,23,35H,4-5,14-17H2,1-3H3,(H,32,36);2-9,18,30,32H,10-12H2,1H3,(H,27,31)/t23-,30+,31+;18-,25+,26+/m11/s1. The van der Waals surface area contributed by atoms with Gasteiger partial charge in [-0.05, 0) is 63.1 Å². The highest BCUT2D eigenvalue weighted by molar-refractivity contribution is 7.53. The minimum absolute atomic E-state index is 0.0555. The molecule has 16 rings (SSSR count). The summed E-state index contributed by atoms with van der Waals surface area (Å²) in [7, 11) is -3.60. The fourth-order valence-corrected chi connectivity index (χ4v) is 15.8. The number of hydrogen-bond acceptors (Lipinski definition) is 11. The van der Waals surface area contributed by atoms with Crippen molar-refractivity contribution in [1.82, 2.24) is 28.9 Å². The Morgan fingerprint density at radius 1 is 0.600 bits per heavy atom. The van der Waals surface area contributed by atoms with Crippen LogP contribution in [0.3, 0.4) is 0 Å². The highest BCUT2D eigenvalue weighted by Crippen LogP contribution is 2.61. The smallest absolute Gasteiger partial charge is 0.356 e. The highest BCUT2D eigenvalue weighted by Gasteiger charge is 2.64. The van der Waals surface area contributed by atoms with E-state index in [2.05, 4.69) is 41.0 Å². The van der Waals surface area contributed by atoms with Crippen LogP contribution in [0.4, 0.5) is 0 Å². The van der Waals surface area contributed by atoms with E-state index >= 15 is 0 Å². The van der Waals surface area contributed by atoms with Gasteiger partial charge in [-0.15, -0.1) is 0 Å². The quantitative estimate of drug-likeness (QED) is 0.0863. The predicted octanol–water partition coefficient (Wildman–Crippen LogP) is 9.20. The molecule has 10 heterocycles. The second-order valence-corrected chi connectivity index (χ2v) is 23.0. The van der Waals surface area contributed by atoms with E-state index in [4.69, 9.17) is 23.3 Å². The zero-order chi connectivity index (χ0) is 51.3. The number of benzene rings is 6. The third-order valence-corrected chi connectivity index (χ3v) is 19.3. The lowest BCUT2D eigenvalue weighted by atomic mass is 9.89. The number of nitrogens with zero attached hydrogens (tertiary/aromatic N) is 4. The molecule has 0 radical (unpaired) electrons. The average Bonchev–Trinajstić information content (AvgIpc) is 4.39. The minimum Gasteiger partial charge on any atom is -0.393 e. The van der Waals surface area contributed by atoms with Crippen molar-refractivity contribution in [3.8, 4) is 0 Å². The van der Waals surface area contributed by atoms with Crippen LogP contribution in [0.2, 0.25) is 0 Å². The Bertz CT molecular complexity index is 4280. The molecule has 17 nitrogen and oxygen atoms in total. The van der Waals surface area contributed by atoms with Gasteiger partial charge in [-0.25, -0.2) is 0 Å². The monoisotopic (exact) mass is 1030 g/mol. The molecule has 4 bridgehead atoms. The lowest BCUT2D eigenvalue weighted by molar-refractivity contribution is -0.206. The fourth-order valence-electron chi connectivity index (χ4n) is 14.4. The van der Waals surface area contributed by atoms with E-state index < -0.39 is 55.9 Å². The molecule has 2 fully saturated rings. The average molecular weight is 1030 g/mol. The molecule has 75 heavy (non-hydrogen) atoms. The van der Waals surface area contributed by atoms with Crippen molar-refractivity contribution in [3.63, 3.8) is 0 Å². The van der Waals surface area contributed by atoms with Crippen LogP contribution in [0.1, 0.15) is 84.8 Å². The van der Waals surface area contributed by atoms with E-state index in [1.54, 1.807) is 13.8 Å². The minimum atomic E-state index is -3.60. The van der Waals surface area contributed by atoms with Gasteiger partial charge in [-0.2, -0.15) is 0 Å². The molecular formula is C57H53N6O11P. The Morgan fingerprint density at radius 2 is 1.03 bits per heavy atom. The molecule has 6 aromatic carbocycles. The van der Waals surface area contributed by atoms with Crippen LogP contribution in [-0.4, -0.2) is 89.4 Å². The number of aliphatic hydroxyl groups is 3. The summed E-state index contributed by atoms with van der Waals surface area (Å²) in [5, 5.41) is 47.2. The summed E-state index contributed by atoms with van der Waals surface area (Å²) in [6.45, 7) is 7.77. The van der Waals surface area contributed by atoms with E-state index in [1.807, 2.05) is 98.8 Å². The van der Waals surface area contributed by atoms with E-state index in [9.17, 15) is 29.5 Å². The molecule has 6 aliphatic rings. The Labute approximate surface area is 427 Å².